The molecule has 0 aliphatic heterocycles. The topological polar surface area (TPSA) is 46.5 Å². The van der Waals surface area contributed by atoms with E-state index >= 15 is 0 Å². The van der Waals surface area contributed by atoms with Crippen LogP contribution in [0.1, 0.15) is 57.8 Å². The lowest BCUT2D eigenvalue weighted by atomic mass is 9.52. The van der Waals surface area contributed by atoms with Crippen molar-refractivity contribution in [3.63, 3.8) is 0 Å². The van der Waals surface area contributed by atoms with Gasteiger partial charge in [-0.3, -0.25) is 4.79 Å². The maximum atomic E-state index is 12.3. The molecule has 25 heavy (non-hydrogen) atoms. The maximum absolute atomic E-state index is 12.3. The molecule has 4 fully saturated rings. The summed E-state index contributed by atoms with van der Waals surface area (Å²) in [5.41, 5.74) is -0.583. The lowest BCUT2D eigenvalue weighted by Gasteiger charge is -2.54. The highest BCUT2D eigenvalue weighted by Crippen LogP contribution is 2.60. The molecule has 0 aromatic carbocycles. The summed E-state index contributed by atoms with van der Waals surface area (Å²) in [7, 11) is 1.70. The molecule has 0 spiro atoms. The van der Waals surface area contributed by atoms with E-state index in [1.165, 1.54) is 38.5 Å². The van der Waals surface area contributed by atoms with Crippen molar-refractivity contribution in [2.75, 3.05) is 19.0 Å². The molecule has 0 aromatic rings. The SMILES string of the molecule is COC[C@]1(O)CC[C@H]2[C@H](CC[C@@H]3[C@@H]2CC[C@H]2[C@H]3CC[C@@H]2C(=O)CBr)C1. The van der Waals surface area contributed by atoms with E-state index in [4.69, 9.17) is 4.74 Å². The molecule has 4 saturated carbocycles. The van der Waals surface area contributed by atoms with Gasteiger partial charge in [0.25, 0.3) is 0 Å². The molecule has 0 aromatic heterocycles. The van der Waals surface area contributed by atoms with Gasteiger partial charge >= 0.3 is 0 Å². The summed E-state index contributed by atoms with van der Waals surface area (Å²) in [5, 5.41) is 11.4. The molecular formula is C21H33BrO3. The molecule has 4 heteroatoms. The maximum Gasteiger partial charge on any atom is 0.146 e. The highest BCUT2D eigenvalue weighted by molar-refractivity contribution is 9.09. The molecule has 0 saturated heterocycles. The second kappa shape index (κ2) is 7.24. The smallest absolute Gasteiger partial charge is 0.146 e. The van der Waals surface area contributed by atoms with Gasteiger partial charge in [0.05, 0.1) is 17.5 Å². The Bertz CT molecular complexity index is 509. The lowest BCUT2D eigenvalue weighted by molar-refractivity contribution is -0.126. The molecule has 0 radical (unpaired) electrons. The predicted molar refractivity (Wildman–Crippen MR) is 102 cm³/mol. The van der Waals surface area contributed by atoms with Crippen LogP contribution in [0.3, 0.4) is 0 Å². The Hall–Kier alpha value is 0.0700. The van der Waals surface area contributed by atoms with Crippen molar-refractivity contribution >= 4 is 21.7 Å². The predicted octanol–water partition coefficient (Wildman–Crippen LogP) is 4.21. The third kappa shape index (κ3) is 3.25. The Morgan fingerprint density at radius 1 is 1.00 bits per heavy atom. The Balaban J connectivity index is 1.45. The normalized spacial score (nSPS) is 49.2. The van der Waals surface area contributed by atoms with Crippen LogP contribution in [0.4, 0.5) is 0 Å². The van der Waals surface area contributed by atoms with Crippen molar-refractivity contribution < 1.29 is 14.6 Å². The first kappa shape index (κ1) is 18.4. The van der Waals surface area contributed by atoms with Gasteiger partial charge in [0.1, 0.15) is 5.78 Å². The van der Waals surface area contributed by atoms with Gasteiger partial charge < -0.3 is 9.84 Å². The number of methoxy groups -OCH3 is 1. The number of hydrogen-bond donors (Lipinski definition) is 1. The van der Waals surface area contributed by atoms with Gasteiger partial charge in [-0.05, 0) is 93.3 Å². The van der Waals surface area contributed by atoms with Gasteiger partial charge in [-0.15, -0.1) is 0 Å². The first-order valence-corrected chi connectivity index (χ1v) is 11.5. The van der Waals surface area contributed by atoms with Gasteiger partial charge in [0, 0.05) is 13.0 Å². The minimum absolute atomic E-state index is 0.334. The summed E-state index contributed by atoms with van der Waals surface area (Å²) in [6, 6.07) is 0. The highest BCUT2D eigenvalue weighted by atomic mass is 79.9. The van der Waals surface area contributed by atoms with Gasteiger partial charge in [-0.2, -0.15) is 0 Å². The quantitative estimate of drug-likeness (QED) is 0.703. The number of carbonyl (C=O) groups is 1. The first-order valence-electron chi connectivity index (χ1n) is 10.4. The van der Waals surface area contributed by atoms with Crippen molar-refractivity contribution in [3.05, 3.63) is 0 Å². The molecular weight excluding hydrogens is 380 g/mol. The monoisotopic (exact) mass is 412 g/mol. The van der Waals surface area contributed by atoms with Gasteiger partial charge in [-0.1, -0.05) is 15.9 Å². The van der Waals surface area contributed by atoms with E-state index in [1.54, 1.807) is 7.11 Å². The Morgan fingerprint density at radius 3 is 2.40 bits per heavy atom. The minimum Gasteiger partial charge on any atom is -0.387 e. The zero-order valence-corrected chi connectivity index (χ0v) is 17.0. The van der Waals surface area contributed by atoms with Crippen molar-refractivity contribution in [2.45, 2.75) is 63.4 Å². The number of rotatable bonds is 4. The van der Waals surface area contributed by atoms with E-state index in [1.807, 2.05) is 0 Å². The third-order valence-corrected chi connectivity index (χ3v) is 8.93. The highest BCUT2D eigenvalue weighted by Gasteiger charge is 2.53. The second-order valence-corrected chi connectivity index (χ2v) is 9.98. The molecule has 142 valence electrons. The fourth-order valence-electron chi connectivity index (χ4n) is 7.52. The summed E-state index contributed by atoms with van der Waals surface area (Å²) in [6.07, 6.45) is 10.6. The minimum atomic E-state index is -0.583. The third-order valence-electron chi connectivity index (χ3n) is 8.38. The van der Waals surface area contributed by atoms with Crippen LogP contribution >= 0.6 is 15.9 Å². The summed E-state index contributed by atoms with van der Waals surface area (Å²) < 4.78 is 5.29. The van der Waals surface area contributed by atoms with Crippen LogP contribution in [0.5, 0.6) is 0 Å². The molecule has 0 unspecified atom stereocenters. The molecule has 0 amide bonds. The van der Waals surface area contributed by atoms with E-state index in [9.17, 15) is 9.90 Å². The summed E-state index contributed by atoms with van der Waals surface area (Å²) in [5.74, 6) is 5.44. The average molecular weight is 413 g/mol. The van der Waals surface area contributed by atoms with Crippen LogP contribution in [0.15, 0.2) is 0 Å². The van der Waals surface area contributed by atoms with E-state index < -0.39 is 5.60 Å². The zero-order valence-electron chi connectivity index (χ0n) is 15.5. The molecule has 8 atom stereocenters. The van der Waals surface area contributed by atoms with Gasteiger partial charge in [-0.25, -0.2) is 0 Å². The van der Waals surface area contributed by atoms with Crippen LogP contribution in [0, 0.1) is 41.4 Å². The number of alkyl halides is 1. The van der Waals surface area contributed by atoms with Crippen LogP contribution in [0.2, 0.25) is 0 Å². The molecule has 0 heterocycles. The second-order valence-electron chi connectivity index (χ2n) is 9.42. The molecule has 4 rings (SSSR count). The average Bonchev–Trinajstić information content (AvgIpc) is 3.04. The zero-order chi connectivity index (χ0) is 17.6. The largest absolute Gasteiger partial charge is 0.387 e. The van der Waals surface area contributed by atoms with E-state index in [-0.39, 0.29) is 0 Å². The van der Waals surface area contributed by atoms with E-state index in [2.05, 4.69) is 15.9 Å². The number of aliphatic hydroxyl groups is 1. The summed E-state index contributed by atoms with van der Waals surface area (Å²) in [6.45, 7) is 0.491. The van der Waals surface area contributed by atoms with Crippen molar-refractivity contribution in [1.29, 1.82) is 0 Å². The fraction of sp³-hybridized carbons (Fsp3) is 0.952. The number of hydrogen-bond acceptors (Lipinski definition) is 3. The van der Waals surface area contributed by atoms with Gasteiger partial charge in [0.15, 0.2) is 0 Å². The number of Topliss-reactive ketones (excluding diaryl/α,β-unsaturated/α-hetero) is 1. The number of ether oxygens (including phenoxy) is 1. The lowest BCUT2D eigenvalue weighted by Crippen LogP contribution is -2.50. The van der Waals surface area contributed by atoms with Crippen LogP contribution in [-0.2, 0) is 9.53 Å². The van der Waals surface area contributed by atoms with Gasteiger partial charge in [0.2, 0.25) is 0 Å². The molecule has 0 bridgehead atoms. The number of halogens is 1. The molecule has 1 N–H and O–H groups in total. The van der Waals surface area contributed by atoms with Crippen molar-refractivity contribution in [2.24, 2.45) is 41.4 Å². The Morgan fingerprint density at radius 2 is 1.64 bits per heavy atom. The summed E-state index contributed by atoms with van der Waals surface area (Å²) in [4.78, 5) is 12.3. The van der Waals surface area contributed by atoms with Crippen LogP contribution in [0.25, 0.3) is 0 Å². The van der Waals surface area contributed by atoms with Crippen molar-refractivity contribution in [3.8, 4) is 0 Å². The Labute approximate surface area is 160 Å². The van der Waals surface area contributed by atoms with E-state index in [0.717, 1.165) is 42.9 Å². The van der Waals surface area contributed by atoms with E-state index in [0.29, 0.717) is 35.5 Å². The summed E-state index contributed by atoms with van der Waals surface area (Å²) >= 11 is 3.40. The Kier molecular flexibility index (Phi) is 5.34. The number of ketones is 1. The van der Waals surface area contributed by atoms with Crippen molar-refractivity contribution in [1.82, 2.24) is 0 Å². The fourth-order valence-corrected chi connectivity index (χ4v) is 7.93. The molecule has 3 nitrogen and oxygen atoms in total. The van der Waals surface area contributed by atoms with Crippen LogP contribution < -0.4 is 0 Å². The first-order chi connectivity index (χ1) is 12.1. The number of fused-ring (bicyclic) bond motifs is 5. The molecule has 4 aliphatic rings. The molecule has 4 aliphatic carbocycles. The van der Waals surface area contributed by atoms with Crippen LogP contribution in [-0.4, -0.2) is 35.5 Å². The number of carbonyl (C=O) groups excluding carboxylic acids is 1. The standard InChI is InChI=1S/C21H33BrO3/c1-25-12-21(24)9-8-14-13(10-21)2-3-16-15(14)4-5-18-17(16)6-7-19(18)20(23)11-22/h13-19,24H,2-12H2,1H3/t13-,14+,15-,16-,17+,18+,19+,21+/m1/s1.